The third-order valence-electron chi connectivity index (χ3n) is 3.27. The lowest BCUT2D eigenvalue weighted by Gasteiger charge is -2.41. The van der Waals surface area contributed by atoms with Crippen molar-refractivity contribution in [1.29, 1.82) is 0 Å². The molecular weight excluding hydrogens is 164 g/mol. The van der Waals surface area contributed by atoms with Crippen molar-refractivity contribution in [3.8, 4) is 0 Å². The van der Waals surface area contributed by atoms with E-state index < -0.39 is 5.79 Å². The van der Waals surface area contributed by atoms with Gasteiger partial charge < -0.3 is 9.84 Å². The van der Waals surface area contributed by atoms with Crippen LogP contribution < -0.4 is 0 Å². The second-order valence-corrected chi connectivity index (χ2v) is 4.10. The molecule has 0 aromatic heterocycles. The van der Waals surface area contributed by atoms with Gasteiger partial charge in [-0.3, -0.25) is 0 Å². The minimum absolute atomic E-state index is 0.137. The van der Waals surface area contributed by atoms with Gasteiger partial charge in [-0.15, -0.1) is 0 Å². The molecule has 0 aliphatic rings. The average molecular weight is 188 g/mol. The third kappa shape index (κ3) is 2.96. The van der Waals surface area contributed by atoms with Crippen LogP contribution in [0.15, 0.2) is 0 Å². The summed E-state index contributed by atoms with van der Waals surface area (Å²) in [4.78, 5) is 0. The van der Waals surface area contributed by atoms with E-state index >= 15 is 0 Å². The average Bonchev–Trinajstić information content (AvgIpc) is 2.13. The highest BCUT2D eigenvalue weighted by atomic mass is 16.6. The number of hydrogen-bond donors (Lipinski definition) is 1. The van der Waals surface area contributed by atoms with Gasteiger partial charge >= 0.3 is 0 Å². The second-order valence-electron chi connectivity index (χ2n) is 4.10. The fraction of sp³-hybridized carbons (Fsp3) is 1.00. The Kier molecular flexibility index (Phi) is 4.93. The van der Waals surface area contributed by atoms with E-state index in [1.165, 1.54) is 0 Å². The zero-order valence-electron chi connectivity index (χ0n) is 9.68. The van der Waals surface area contributed by atoms with Gasteiger partial charge in [0.25, 0.3) is 0 Å². The predicted molar refractivity (Wildman–Crippen MR) is 55.6 cm³/mol. The monoisotopic (exact) mass is 188 g/mol. The van der Waals surface area contributed by atoms with Crippen molar-refractivity contribution in [2.75, 3.05) is 6.61 Å². The van der Waals surface area contributed by atoms with Crippen LogP contribution in [0, 0.1) is 5.41 Å². The largest absolute Gasteiger partial charge is 0.365 e. The fourth-order valence-electron chi connectivity index (χ4n) is 1.38. The van der Waals surface area contributed by atoms with Gasteiger partial charge in [-0.1, -0.05) is 27.7 Å². The minimum atomic E-state index is -0.994. The molecule has 2 heteroatoms. The van der Waals surface area contributed by atoms with Crippen molar-refractivity contribution in [2.45, 2.75) is 59.7 Å². The Morgan fingerprint density at radius 1 is 1.08 bits per heavy atom. The van der Waals surface area contributed by atoms with Crippen molar-refractivity contribution in [2.24, 2.45) is 5.41 Å². The molecule has 0 amide bonds. The molecule has 1 N–H and O–H groups in total. The predicted octanol–water partition coefficient (Wildman–Crippen LogP) is 2.95. The van der Waals surface area contributed by atoms with Gasteiger partial charge in [0, 0.05) is 12.0 Å². The van der Waals surface area contributed by atoms with Crippen molar-refractivity contribution in [3.05, 3.63) is 0 Å². The lowest BCUT2D eigenvalue weighted by Crippen LogP contribution is -2.45. The molecule has 2 nitrogen and oxygen atoms in total. The Bertz CT molecular complexity index is 137. The molecule has 0 aromatic rings. The molecule has 13 heavy (non-hydrogen) atoms. The van der Waals surface area contributed by atoms with Gasteiger partial charge in [-0.25, -0.2) is 0 Å². The summed E-state index contributed by atoms with van der Waals surface area (Å²) in [5, 5.41) is 10.1. The van der Waals surface area contributed by atoms with E-state index in [0.717, 1.165) is 19.3 Å². The normalized spacial score (nSPS) is 17.1. The first-order valence-electron chi connectivity index (χ1n) is 5.29. The molecule has 0 spiro atoms. The van der Waals surface area contributed by atoms with E-state index in [-0.39, 0.29) is 5.41 Å². The van der Waals surface area contributed by atoms with Crippen molar-refractivity contribution in [3.63, 3.8) is 0 Å². The highest BCUT2D eigenvalue weighted by Gasteiger charge is 2.41. The Labute approximate surface area is 82.3 Å². The van der Waals surface area contributed by atoms with Crippen molar-refractivity contribution in [1.82, 2.24) is 0 Å². The lowest BCUT2D eigenvalue weighted by molar-refractivity contribution is -0.259. The summed E-state index contributed by atoms with van der Waals surface area (Å²) >= 11 is 0. The number of aliphatic hydroxyl groups is 1. The van der Waals surface area contributed by atoms with Crippen LogP contribution in [0.1, 0.15) is 53.9 Å². The molecule has 1 atom stereocenters. The Hall–Kier alpha value is -0.0800. The molecule has 0 aliphatic heterocycles. The molecular formula is C11H24O2. The summed E-state index contributed by atoms with van der Waals surface area (Å²) < 4.78 is 5.48. The van der Waals surface area contributed by atoms with Crippen LogP contribution in [-0.4, -0.2) is 17.5 Å². The molecule has 0 aromatic carbocycles. The van der Waals surface area contributed by atoms with Gasteiger partial charge in [0.1, 0.15) is 0 Å². The topological polar surface area (TPSA) is 29.5 Å². The summed E-state index contributed by atoms with van der Waals surface area (Å²) in [7, 11) is 0. The van der Waals surface area contributed by atoms with E-state index in [2.05, 4.69) is 20.8 Å². The van der Waals surface area contributed by atoms with Crippen LogP contribution in [0.3, 0.4) is 0 Å². The summed E-state index contributed by atoms with van der Waals surface area (Å²) in [6.07, 6.45) is 2.81. The maximum atomic E-state index is 10.1. The second kappa shape index (κ2) is 4.97. The van der Waals surface area contributed by atoms with Crippen LogP contribution in [0.2, 0.25) is 0 Å². The van der Waals surface area contributed by atoms with Gasteiger partial charge in [0.2, 0.25) is 0 Å². The van der Waals surface area contributed by atoms with E-state index in [1.807, 2.05) is 6.92 Å². The van der Waals surface area contributed by atoms with Crippen molar-refractivity contribution < 1.29 is 9.84 Å². The van der Waals surface area contributed by atoms with Crippen LogP contribution in [-0.2, 0) is 4.74 Å². The van der Waals surface area contributed by atoms with Gasteiger partial charge in [-0.2, -0.15) is 0 Å². The van der Waals surface area contributed by atoms with E-state index in [9.17, 15) is 5.11 Å². The maximum Gasteiger partial charge on any atom is 0.167 e. The SMILES string of the molecule is CCCOC(C)(O)C(C)(CC)CC. The van der Waals surface area contributed by atoms with E-state index in [1.54, 1.807) is 6.92 Å². The molecule has 0 rings (SSSR count). The summed E-state index contributed by atoms with van der Waals surface area (Å²) in [6, 6.07) is 0. The highest BCUT2D eigenvalue weighted by molar-refractivity contribution is 4.83. The smallest absolute Gasteiger partial charge is 0.167 e. The Morgan fingerprint density at radius 2 is 1.54 bits per heavy atom. The van der Waals surface area contributed by atoms with Crippen LogP contribution in [0.4, 0.5) is 0 Å². The van der Waals surface area contributed by atoms with Gasteiger partial charge in [0.05, 0.1) is 0 Å². The molecule has 0 fully saturated rings. The number of ether oxygens (including phenoxy) is 1. The first-order valence-corrected chi connectivity index (χ1v) is 5.29. The van der Waals surface area contributed by atoms with E-state index in [4.69, 9.17) is 4.74 Å². The fourth-order valence-corrected chi connectivity index (χ4v) is 1.38. The van der Waals surface area contributed by atoms with Gasteiger partial charge in [-0.05, 0) is 26.2 Å². The molecule has 0 bridgehead atoms. The van der Waals surface area contributed by atoms with Crippen LogP contribution in [0.5, 0.6) is 0 Å². The highest BCUT2D eigenvalue weighted by Crippen LogP contribution is 2.38. The molecule has 0 aliphatic carbocycles. The van der Waals surface area contributed by atoms with E-state index in [0.29, 0.717) is 6.61 Å². The molecule has 80 valence electrons. The zero-order valence-corrected chi connectivity index (χ0v) is 9.68. The number of rotatable bonds is 6. The Morgan fingerprint density at radius 3 is 1.85 bits per heavy atom. The molecule has 0 saturated heterocycles. The lowest BCUT2D eigenvalue weighted by atomic mass is 9.77. The molecule has 0 heterocycles. The minimum Gasteiger partial charge on any atom is -0.365 e. The summed E-state index contributed by atoms with van der Waals surface area (Å²) in [6.45, 7) is 10.7. The van der Waals surface area contributed by atoms with Crippen LogP contribution in [0.25, 0.3) is 0 Å². The summed E-state index contributed by atoms with van der Waals surface area (Å²) in [5.74, 6) is -0.994. The maximum absolute atomic E-state index is 10.1. The molecule has 0 saturated carbocycles. The number of hydrogen-bond acceptors (Lipinski definition) is 2. The quantitative estimate of drug-likeness (QED) is 0.649. The van der Waals surface area contributed by atoms with Crippen LogP contribution >= 0.6 is 0 Å². The first kappa shape index (κ1) is 12.9. The third-order valence-corrected chi connectivity index (χ3v) is 3.27. The molecule has 1 unspecified atom stereocenters. The Balaban J connectivity index is 4.37. The van der Waals surface area contributed by atoms with Gasteiger partial charge in [0.15, 0.2) is 5.79 Å². The first-order chi connectivity index (χ1) is 5.93. The molecule has 0 radical (unpaired) electrons. The standard InChI is InChI=1S/C11H24O2/c1-6-9-13-11(5,12)10(4,7-2)8-3/h12H,6-9H2,1-5H3. The summed E-state index contributed by atoms with van der Waals surface area (Å²) in [5.41, 5.74) is -0.137. The van der Waals surface area contributed by atoms with Crippen molar-refractivity contribution >= 4 is 0 Å². The zero-order chi connectivity index (χ0) is 10.5.